The fraction of sp³-hybridized carbons (Fsp3) is 0.262. The lowest BCUT2D eigenvalue weighted by molar-refractivity contribution is -0.387. The number of nitrogen functional groups attached to an aromatic ring is 1. The van der Waals surface area contributed by atoms with E-state index >= 15 is 0 Å². The van der Waals surface area contributed by atoms with Gasteiger partial charge in [-0.2, -0.15) is 8.78 Å². The van der Waals surface area contributed by atoms with Gasteiger partial charge in [0.05, 0.1) is 31.4 Å². The largest absolute Gasteiger partial charge is 0.396 e. The number of nitrogens with two attached hydrogens (primary N) is 1. The second kappa shape index (κ2) is 32.5. The Hall–Kier alpha value is -7.54. The van der Waals surface area contributed by atoms with Crippen molar-refractivity contribution in [1.82, 2.24) is 0 Å². The normalized spacial score (nSPS) is 10.7. The van der Waals surface area contributed by atoms with E-state index in [0.29, 0.717) is 22.5 Å². The summed E-state index contributed by atoms with van der Waals surface area (Å²) < 4.78 is 41.3. The van der Waals surface area contributed by atoms with Crippen LogP contribution in [0.15, 0.2) is 205 Å². The van der Waals surface area contributed by atoms with E-state index in [4.69, 9.17) is 5.73 Å². The second-order valence-electron chi connectivity index (χ2n) is 20.2. The SMILES string of the molecule is CC(C)(C)P(c1ccccc1-c1ccccc1)C(C)(C)C.CCCN(c1ccccc1)c1cccc(N)c1F.CCCN(c1ccccc1)c1cccc([N+](=O)[O-])c1F.CCCNc1ccccc1.O=[N+]([O-])c1cccc(Br)c1F. The zero-order chi connectivity index (χ0) is 58.8. The van der Waals surface area contributed by atoms with Crippen LogP contribution in [-0.4, -0.2) is 39.8 Å². The van der Waals surface area contributed by atoms with Gasteiger partial charge < -0.3 is 20.9 Å². The number of nitrogens with one attached hydrogen (secondary N) is 1. The number of halogens is 4. The van der Waals surface area contributed by atoms with Crippen molar-refractivity contribution in [2.24, 2.45) is 0 Å². The van der Waals surface area contributed by atoms with Gasteiger partial charge in [0.15, 0.2) is 5.82 Å². The summed E-state index contributed by atoms with van der Waals surface area (Å²) in [6.45, 7) is 22.9. The van der Waals surface area contributed by atoms with Gasteiger partial charge in [0, 0.05) is 48.8 Å². The predicted molar refractivity (Wildman–Crippen MR) is 335 cm³/mol. The highest BCUT2D eigenvalue weighted by Crippen LogP contribution is 2.59. The molecule has 8 aromatic rings. The van der Waals surface area contributed by atoms with Gasteiger partial charge in [-0.25, -0.2) is 4.39 Å². The molecule has 0 aliphatic carbocycles. The first kappa shape index (κ1) is 65.0. The first-order valence-corrected chi connectivity index (χ1v) is 28.7. The molecule has 0 unspecified atom stereocenters. The van der Waals surface area contributed by atoms with Gasteiger partial charge in [0.25, 0.3) is 0 Å². The Balaban J connectivity index is 0.000000221. The van der Waals surface area contributed by atoms with Crippen molar-refractivity contribution in [3.8, 4) is 11.1 Å². The van der Waals surface area contributed by atoms with Gasteiger partial charge in [-0.1, -0.05) is 198 Å². The van der Waals surface area contributed by atoms with Crippen LogP contribution in [0.25, 0.3) is 11.1 Å². The Morgan fingerprint density at radius 3 is 1.38 bits per heavy atom. The summed E-state index contributed by atoms with van der Waals surface area (Å²) in [7, 11) is -0.282. The number of hydrogen-bond acceptors (Lipinski definition) is 8. The average molecular weight is 1170 g/mol. The van der Waals surface area contributed by atoms with Crippen molar-refractivity contribution in [1.29, 1.82) is 0 Å². The molecule has 0 amide bonds. The van der Waals surface area contributed by atoms with E-state index in [-0.39, 0.29) is 29.6 Å². The van der Waals surface area contributed by atoms with Crippen LogP contribution in [-0.2, 0) is 0 Å². The van der Waals surface area contributed by atoms with Gasteiger partial charge in [-0.3, -0.25) is 20.2 Å². The molecule has 0 spiro atoms. The lowest BCUT2D eigenvalue weighted by atomic mass is 10.1. The lowest BCUT2D eigenvalue weighted by Gasteiger charge is -2.42. The molecule has 0 aliphatic heterocycles. The van der Waals surface area contributed by atoms with Crippen LogP contribution >= 0.6 is 23.9 Å². The average Bonchev–Trinajstić information content (AvgIpc) is 3.48. The van der Waals surface area contributed by atoms with Crippen molar-refractivity contribution in [3.05, 3.63) is 242 Å². The van der Waals surface area contributed by atoms with E-state index in [1.54, 1.807) is 29.2 Å². The smallest absolute Gasteiger partial charge is 0.306 e. The van der Waals surface area contributed by atoms with Crippen molar-refractivity contribution in [3.63, 3.8) is 0 Å². The minimum absolute atomic E-state index is 0.103. The predicted octanol–water partition coefficient (Wildman–Crippen LogP) is 19.3. The summed E-state index contributed by atoms with van der Waals surface area (Å²) in [5.41, 5.74) is 11.3. The molecule has 0 aliphatic rings. The number of hydrogen-bond donors (Lipinski definition) is 2. The van der Waals surface area contributed by atoms with Gasteiger partial charge in [0.2, 0.25) is 11.6 Å². The molecule has 0 fully saturated rings. The molecule has 0 radical (unpaired) electrons. The number of anilines is 6. The summed E-state index contributed by atoms with van der Waals surface area (Å²) in [5.74, 6) is -1.98. The van der Waals surface area contributed by atoms with E-state index in [1.165, 1.54) is 52.8 Å². The maximum atomic E-state index is 14.3. The highest BCUT2D eigenvalue weighted by molar-refractivity contribution is 9.10. The van der Waals surface area contributed by atoms with E-state index in [2.05, 4.69) is 143 Å². The third kappa shape index (κ3) is 19.7. The molecule has 80 heavy (non-hydrogen) atoms. The third-order valence-corrected chi connectivity index (χ3v) is 16.0. The van der Waals surface area contributed by atoms with Gasteiger partial charge in [0.1, 0.15) is 0 Å². The molecule has 0 atom stereocenters. The number of nitro groups is 2. The molecule has 0 saturated heterocycles. The fourth-order valence-corrected chi connectivity index (χ4v) is 13.3. The molecular weight excluding hydrogens is 1100 g/mol. The van der Waals surface area contributed by atoms with Crippen molar-refractivity contribution in [2.45, 2.75) is 91.9 Å². The molecule has 0 aromatic heterocycles. The number of benzene rings is 8. The molecule has 0 heterocycles. The summed E-state index contributed by atoms with van der Waals surface area (Å²) in [4.78, 5) is 23.2. The Kier molecular flexibility index (Phi) is 26.4. The fourth-order valence-electron chi connectivity index (χ4n) is 8.76. The topological polar surface area (TPSA) is 131 Å². The first-order chi connectivity index (χ1) is 38.2. The Morgan fingerprint density at radius 2 is 0.925 bits per heavy atom. The minimum atomic E-state index is -0.836. The molecule has 8 rings (SSSR count). The summed E-state index contributed by atoms with van der Waals surface area (Å²) in [6, 6.07) is 62.4. The van der Waals surface area contributed by atoms with Gasteiger partial charge in [-0.15, -0.1) is 0 Å². The van der Waals surface area contributed by atoms with Crippen LogP contribution in [0.2, 0.25) is 0 Å². The Morgan fingerprint density at radius 1 is 0.512 bits per heavy atom. The van der Waals surface area contributed by atoms with Crippen LogP contribution in [0.5, 0.6) is 0 Å². The summed E-state index contributed by atoms with van der Waals surface area (Å²) >= 11 is 2.83. The lowest BCUT2D eigenvalue weighted by Crippen LogP contribution is -2.31. The number of nitro benzene ring substituents is 2. The van der Waals surface area contributed by atoms with Gasteiger partial charge in [-0.05, 0) is 123 Å². The van der Waals surface area contributed by atoms with E-state index in [0.717, 1.165) is 43.4 Å². The molecule has 0 bridgehead atoms. The van der Waals surface area contributed by atoms with Crippen LogP contribution < -0.4 is 26.2 Å². The van der Waals surface area contributed by atoms with Crippen LogP contribution in [0.1, 0.15) is 81.6 Å². The highest BCUT2D eigenvalue weighted by Gasteiger charge is 2.37. The quantitative estimate of drug-likeness (QED) is 0.0449. The highest BCUT2D eigenvalue weighted by atomic mass is 79.9. The standard InChI is InChI=1S/C20H27P.C15H15FN2O2.C15H17FN2.C9H13N.C6H3BrFNO2/c1-19(2,3)21(20(4,5)6)18-15-11-10-14-17(18)16-12-8-7-9-13-16;1-2-11-17(12-7-4-3-5-8-12)13-9-6-10-14(15(13)16)18(19)20;1-2-11-18(12-7-4-3-5-8-12)14-10-6-9-13(17)15(14)16;1-2-8-10-9-6-4-3-5-7-9;7-4-2-1-3-5(6(4)8)9(10)11/h7-15H,1-6H3;3-10H,2,11H2,1H3;3-10H,2,11,17H2,1H3;3-7,10H,2,8H2,1H3;1-3H. The number of rotatable bonds is 15. The Bertz CT molecular complexity index is 3120. The second-order valence-corrected chi connectivity index (χ2v) is 24.9. The van der Waals surface area contributed by atoms with E-state index in [1.807, 2.05) is 90.7 Å². The molecule has 3 N–H and O–H groups in total. The van der Waals surface area contributed by atoms with E-state index in [9.17, 15) is 33.4 Å². The summed E-state index contributed by atoms with van der Waals surface area (Å²) in [5, 5.41) is 26.4. The third-order valence-electron chi connectivity index (χ3n) is 11.8. The monoisotopic (exact) mass is 1170 g/mol. The molecule has 422 valence electrons. The zero-order valence-electron chi connectivity index (χ0n) is 47.3. The zero-order valence-corrected chi connectivity index (χ0v) is 49.7. The molecule has 0 saturated carbocycles. The number of para-hydroxylation sites is 3. The van der Waals surface area contributed by atoms with Crippen LogP contribution in [0, 0.1) is 37.7 Å². The van der Waals surface area contributed by atoms with Crippen molar-refractivity contribution < 1.29 is 23.0 Å². The summed E-state index contributed by atoms with van der Waals surface area (Å²) in [6.07, 6.45) is 2.91. The van der Waals surface area contributed by atoms with Crippen molar-refractivity contribution in [2.75, 3.05) is 40.5 Å². The molecule has 10 nitrogen and oxygen atoms in total. The molecule has 8 aromatic carbocycles. The Labute approximate surface area is 481 Å². The number of nitrogens with zero attached hydrogens (tertiary/aromatic N) is 4. The maximum Gasteiger partial charge on any atom is 0.306 e. The van der Waals surface area contributed by atoms with E-state index < -0.39 is 32.9 Å². The van der Waals surface area contributed by atoms with Gasteiger partial charge >= 0.3 is 11.4 Å². The van der Waals surface area contributed by atoms with Crippen molar-refractivity contribution >= 4 is 74.7 Å². The maximum absolute atomic E-state index is 14.3. The molecular formula is C65H75BrF3N6O4P. The first-order valence-electron chi connectivity index (χ1n) is 26.6. The van der Waals surface area contributed by atoms with Crippen LogP contribution in [0.4, 0.5) is 58.7 Å². The minimum Gasteiger partial charge on any atom is -0.396 e. The molecule has 15 heteroatoms. The van der Waals surface area contributed by atoms with Crippen LogP contribution in [0.3, 0.4) is 0 Å².